The Balaban J connectivity index is 2.41. The summed E-state index contributed by atoms with van der Waals surface area (Å²) in [6.07, 6.45) is 0. The van der Waals surface area contributed by atoms with Gasteiger partial charge in [-0.25, -0.2) is 4.68 Å². The number of nitrogens with zero attached hydrogens (tertiary/aromatic N) is 2. The molecular weight excluding hydrogens is 286 g/mol. The number of carbonyl (C=O) groups excluding carboxylic acids is 1. The molecule has 0 spiro atoms. The molecule has 0 saturated carbocycles. The Bertz CT molecular complexity index is 715. The average molecular weight is 313 g/mol. The molecule has 1 aromatic carbocycles. The molecule has 1 N–H and O–H groups in total. The second-order valence-corrected chi connectivity index (χ2v) is 8.02. The number of amides is 1. The van der Waals surface area contributed by atoms with Crippen molar-refractivity contribution in [3.05, 3.63) is 47.2 Å². The third-order valence-corrected chi connectivity index (χ3v) is 3.74. The van der Waals surface area contributed by atoms with Crippen LogP contribution in [-0.2, 0) is 11.0 Å². The zero-order valence-electron chi connectivity index (χ0n) is 15.2. The predicted octanol–water partition coefficient (Wildman–Crippen LogP) is 4.50. The number of benzene rings is 1. The molecule has 0 bridgehead atoms. The lowest BCUT2D eigenvalue weighted by Gasteiger charge is -2.23. The number of carbonyl (C=O) groups is 1. The molecule has 2 aromatic rings. The van der Waals surface area contributed by atoms with E-state index < -0.39 is 0 Å². The highest BCUT2D eigenvalue weighted by Crippen LogP contribution is 2.28. The molecule has 0 unspecified atom stereocenters. The van der Waals surface area contributed by atoms with Crippen molar-refractivity contribution in [2.45, 2.75) is 59.4 Å². The van der Waals surface area contributed by atoms with Gasteiger partial charge in [-0.2, -0.15) is 5.10 Å². The van der Waals surface area contributed by atoms with Crippen LogP contribution in [0.25, 0.3) is 0 Å². The Kier molecular flexibility index (Phi) is 4.38. The summed E-state index contributed by atoms with van der Waals surface area (Å²) in [7, 11) is 0. The fourth-order valence-electron chi connectivity index (χ4n) is 2.36. The van der Waals surface area contributed by atoms with E-state index in [2.05, 4.69) is 46.9 Å². The highest BCUT2D eigenvalue weighted by atomic mass is 16.1. The van der Waals surface area contributed by atoms with E-state index in [4.69, 9.17) is 5.10 Å². The van der Waals surface area contributed by atoms with Crippen LogP contribution in [-0.4, -0.2) is 15.7 Å². The fraction of sp³-hybridized carbons (Fsp3) is 0.474. The second kappa shape index (κ2) is 5.84. The van der Waals surface area contributed by atoms with E-state index in [0.29, 0.717) is 5.56 Å². The quantitative estimate of drug-likeness (QED) is 0.887. The van der Waals surface area contributed by atoms with Crippen LogP contribution in [0, 0.1) is 6.92 Å². The maximum absolute atomic E-state index is 12.6. The summed E-state index contributed by atoms with van der Waals surface area (Å²) in [5.41, 5.74) is 2.33. The van der Waals surface area contributed by atoms with Crippen molar-refractivity contribution in [1.82, 2.24) is 9.78 Å². The van der Waals surface area contributed by atoms with Crippen molar-refractivity contribution in [2.75, 3.05) is 5.32 Å². The van der Waals surface area contributed by atoms with Crippen LogP contribution in [0.5, 0.6) is 0 Å². The number of aryl methyl sites for hydroxylation is 1. The lowest BCUT2D eigenvalue weighted by Crippen LogP contribution is -2.27. The van der Waals surface area contributed by atoms with Gasteiger partial charge in [0.15, 0.2) is 0 Å². The zero-order valence-corrected chi connectivity index (χ0v) is 15.2. The van der Waals surface area contributed by atoms with Gasteiger partial charge in [0.05, 0.1) is 11.2 Å². The lowest BCUT2D eigenvalue weighted by molar-refractivity contribution is 0.102. The molecule has 124 valence electrons. The summed E-state index contributed by atoms with van der Waals surface area (Å²) in [6, 6.07) is 9.57. The van der Waals surface area contributed by atoms with Crippen LogP contribution in [0.1, 0.15) is 63.2 Å². The maximum Gasteiger partial charge on any atom is 0.257 e. The summed E-state index contributed by atoms with van der Waals surface area (Å²) in [4.78, 5) is 12.6. The van der Waals surface area contributed by atoms with Crippen LogP contribution in [0.2, 0.25) is 0 Å². The number of rotatable bonds is 2. The molecule has 1 amide bonds. The summed E-state index contributed by atoms with van der Waals surface area (Å²) in [5, 5.41) is 7.75. The summed E-state index contributed by atoms with van der Waals surface area (Å²) < 4.78 is 1.89. The highest BCUT2D eigenvalue weighted by molar-refractivity contribution is 6.04. The number of anilines is 1. The van der Waals surface area contributed by atoms with Gasteiger partial charge in [-0.3, -0.25) is 4.79 Å². The third-order valence-electron chi connectivity index (χ3n) is 3.74. The van der Waals surface area contributed by atoms with Crippen LogP contribution in [0.3, 0.4) is 0 Å². The van der Waals surface area contributed by atoms with Crippen molar-refractivity contribution < 1.29 is 4.79 Å². The first kappa shape index (κ1) is 17.3. The molecule has 0 atom stereocenters. The van der Waals surface area contributed by atoms with Crippen molar-refractivity contribution >= 4 is 11.7 Å². The van der Waals surface area contributed by atoms with E-state index >= 15 is 0 Å². The van der Waals surface area contributed by atoms with Crippen molar-refractivity contribution in [1.29, 1.82) is 0 Å². The molecule has 23 heavy (non-hydrogen) atoms. The smallest absolute Gasteiger partial charge is 0.257 e. The summed E-state index contributed by atoms with van der Waals surface area (Å²) in [5.74, 6) is 0.629. The molecular formula is C19H27N3O. The Hall–Kier alpha value is -2.10. The molecule has 0 aliphatic heterocycles. The van der Waals surface area contributed by atoms with Gasteiger partial charge in [-0.05, 0) is 39.3 Å². The maximum atomic E-state index is 12.6. The van der Waals surface area contributed by atoms with Gasteiger partial charge in [0.1, 0.15) is 5.82 Å². The Labute approximate surface area is 138 Å². The fourth-order valence-corrected chi connectivity index (χ4v) is 2.36. The minimum atomic E-state index is -0.210. The topological polar surface area (TPSA) is 46.9 Å². The van der Waals surface area contributed by atoms with Gasteiger partial charge in [-0.1, -0.05) is 39.0 Å². The number of nitrogens with one attached hydrogen (secondary N) is 1. The molecule has 1 aromatic heterocycles. The Morgan fingerprint density at radius 2 is 1.70 bits per heavy atom. The molecule has 2 rings (SSSR count). The molecule has 0 aliphatic rings. The van der Waals surface area contributed by atoms with E-state index in [-0.39, 0.29) is 16.9 Å². The van der Waals surface area contributed by atoms with E-state index in [1.54, 1.807) is 0 Å². The van der Waals surface area contributed by atoms with E-state index in [9.17, 15) is 4.79 Å². The Morgan fingerprint density at radius 3 is 2.22 bits per heavy atom. The van der Waals surface area contributed by atoms with Gasteiger partial charge in [0.2, 0.25) is 0 Å². The first-order valence-electron chi connectivity index (χ1n) is 7.98. The van der Waals surface area contributed by atoms with Crippen LogP contribution >= 0.6 is 0 Å². The van der Waals surface area contributed by atoms with E-state index in [0.717, 1.165) is 17.1 Å². The third kappa shape index (κ3) is 3.81. The number of hydrogen-bond acceptors (Lipinski definition) is 2. The molecule has 0 radical (unpaired) electrons. The first-order chi connectivity index (χ1) is 10.5. The first-order valence-corrected chi connectivity index (χ1v) is 7.98. The largest absolute Gasteiger partial charge is 0.307 e. The summed E-state index contributed by atoms with van der Waals surface area (Å²) >= 11 is 0. The van der Waals surface area contributed by atoms with Gasteiger partial charge in [-0.15, -0.1) is 0 Å². The molecule has 4 nitrogen and oxygen atoms in total. The van der Waals surface area contributed by atoms with Gasteiger partial charge in [0.25, 0.3) is 5.91 Å². The van der Waals surface area contributed by atoms with Gasteiger partial charge in [0, 0.05) is 17.0 Å². The van der Waals surface area contributed by atoms with Crippen molar-refractivity contribution in [2.24, 2.45) is 0 Å². The monoisotopic (exact) mass is 313 g/mol. The Morgan fingerprint density at radius 1 is 1.09 bits per heavy atom. The normalized spacial score (nSPS) is 12.3. The number of hydrogen-bond donors (Lipinski definition) is 1. The van der Waals surface area contributed by atoms with Gasteiger partial charge < -0.3 is 5.32 Å². The molecule has 0 fully saturated rings. The molecule has 0 aliphatic carbocycles. The van der Waals surface area contributed by atoms with Crippen molar-refractivity contribution in [3.63, 3.8) is 0 Å². The average Bonchev–Trinajstić information content (AvgIpc) is 2.83. The highest BCUT2D eigenvalue weighted by Gasteiger charge is 2.26. The number of aromatic nitrogens is 2. The molecule has 4 heteroatoms. The minimum absolute atomic E-state index is 0.0708. The zero-order chi connectivity index (χ0) is 17.4. The SMILES string of the molecule is Cc1ccccc1C(=O)Nc1cc(C(C)(C)C)nn1C(C)(C)C. The lowest BCUT2D eigenvalue weighted by atomic mass is 9.92. The van der Waals surface area contributed by atoms with E-state index in [1.807, 2.05) is 41.9 Å². The predicted molar refractivity (Wildman–Crippen MR) is 95.1 cm³/mol. The van der Waals surface area contributed by atoms with Crippen LogP contribution < -0.4 is 5.32 Å². The molecule has 1 heterocycles. The van der Waals surface area contributed by atoms with Crippen molar-refractivity contribution in [3.8, 4) is 0 Å². The minimum Gasteiger partial charge on any atom is -0.307 e. The van der Waals surface area contributed by atoms with Gasteiger partial charge >= 0.3 is 0 Å². The molecule has 0 saturated heterocycles. The van der Waals surface area contributed by atoms with Crippen LogP contribution in [0.4, 0.5) is 5.82 Å². The van der Waals surface area contributed by atoms with E-state index in [1.165, 1.54) is 0 Å². The summed E-state index contributed by atoms with van der Waals surface area (Å²) in [6.45, 7) is 14.5. The standard InChI is InChI=1S/C19H27N3O/c1-13-10-8-9-11-14(13)17(23)20-16-12-15(18(2,3)4)21-22(16)19(5,6)7/h8-12H,1-7H3,(H,20,23). The van der Waals surface area contributed by atoms with Crippen LogP contribution in [0.15, 0.2) is 30.3 Å². The second-order valence-electron chi connectivity index (χ2n) is 8.02.